The van der Waals surface area contributed by atoms with Crippen LogP contribution in [0.1, 0.15) is 46.2 Å². The Morgan fingerprint density at radius 1 is 1.07 bits per heavy atom. The number of hydrogen-bond acceptors (Lipinski definition) is 3. The van der Waals surface area contributed by atoms with Crippen LogP contribution in [-0.2, 0) is 13.5 Å². The van der Waals surface area contributed by atoms with Crippen molar-refractivity contribution < 1.29 is 9.53 Å². The number of carbonyl (C=O) groups excluding carboxylic acids is 1. The van der Waals surface area contributed by atoms with Crippen molar-refractivity contribution in [1.29, 1.82) is 0 Å². The Hall–Kier alpha value is -3.08. The van der Waals surface area contributed by atoms with E-state index in [-0.39, 0.29) is 5.91 Å². The minimum atomic E-state index is -0.131. The number of anilines is 1. The molecule has 0 unspecified atom stereocenters. The Kier molecular flexibility index (Phi) is 6.14. The van der Waals surface area contributed by atoms with Crippen LogP contribution in [0.5, 0.6) is 5.75 Å². The Morgan fingerprint density at radius 2 is 1.75 bits per heavy atom. The molecular formula is C23H27N3O2. The highest BCUT2D eigenvalue weighted by atomic mass is 16.5. The predicted molar refractivity (Wildman–Crippen MR) is 112 cm³/mol. The summed E-state index contributed by atoms with van der Waals surface area (Å²) in [6.45, 7) is 6.86. The number of amides is 1. The number of nitrogens with zero attached hydrogens (tertiary/aromatic N) is 2. The molecule has 28 heavy (non-hydrogen) atoms. The summed E-state index contributed by atoms with van der Waals surface area (Å²) in [4.78, 5) is 12.4. The van der Waals surface area contributed by atoms with Crippen LogP contribution >= 0.6 is 0 Å². The summed E-state index contributed by atoms with van der Waals surface area (Å²) in [7, 11) is 1.97. The van der Waals surface area contributed by atoms with Crippen LogP contribution in [0.25, 0.3) is 0 Å². The second kappa shape index (κ2) is 8.74. The fourth-order valence-electron chi connectivity index (χ4n) is 3.11. The van der Waals surface area contributed by atoms with E-state index in [4.69, 9.17) is 4.74 Å². The molecule has 0 bridgehead atoms. The third-order valence-electron chi connectivity index (χ3n) is 4.84. The van der Waals surface area contributed by atoms with Gasteiger partial charge in [-0.05, 0) is 62.2 Å². The number of ether oxygens (including phenoxy) is 1. The Labute approximate surface area is 166 Å². The average Bonchev–Trinajstić information content (AvgIpc) is 2.94. The van der Waals surface area contributed by atoms with Crippen molar-refractivity contribution in [2.45, 2.75) is 33.6 Å². The maximum atomic E-state index is 12.4. The van der Waals surface area contributed by atoms with Crippen molar-refractivity contribution in [1.82, 2.24) is 9.78 Å². The standard InChI is InChI=1S/C23H27N3O2/c1-5-14-28-21-12-8-19(9-13-21)23(27)24-20-10-6-18(7-11-20)15-22-16(2)25-26(4)17(22)3/h6-13H,5,14-15H2,1-4H3,(H,24,27). The highest BCUT2D eigenvalue weighted by Crippen LogP contribution is 2.19. The summed E-state index contributed by atoms with van der Waals surface area (Å²) in [5, 5.41) is 7.41. The van der Waals surface area contributed by atoms with E-state index in [2.05, 4.69) is 24.3 Å². The Bertz CT molecular complexity index is 941. The van der Waals surface area contributed by atoms with Gasteiger partial charge in [-0.1, -0.05) is 19.1 Å². The molecule has 0 fully saturated rings. The van der Waals surface area contributed by atoms with Gasteiger partial charge in [0.1, 0.15) is 5.75 Å². The molecule has 5 nitrogen and oxygen atoms in total. The quantitative estimate of drug-likeness (QED) is 0.651. The van der Waals surface area contributed by atoms with E-state index in [0.717, 1.165) is 30.0 Å². The summed E-state index contributed by atoms with van der Waals surface area (Å²) in [5.41, 5.74) is 6.07. The van der Waals surface area contributed by atoms with Crippen molar-refractivity contribution in [3.8, 4) is 5.75 Å². The van der Waals surface area contributed by atoms with E-state index in [0.29, 0.717) is 12.2 Å². The number of aromatic nitrogens is 2. The van der Waals surface area contributed by atoms with Crippen molar-refractivity contribution in [2.24, 2.45) is 7.05 Å². The van der Waals surface area contributed by atoms with Crippen LogP contribution in [0, 0.1) is 13.8 Å². The fraction of sp³-hybridized carbons (Fsp3) is 0.304. The number of carbonyl (C=O) groups is 1. The molecular weight excluding hydrogens is 350 g/mol. The molecule has 0 radical (unpaired) electrons. The van der Waals surface area contributed by atoms with Gasteiger partial charge in [-0.3, -0.25) is 9.48 Å². The Balaban J connectivity index is 1.63. The van der Waals surface area contributed by atoms with Gasteiger partial charge in [0.25, 0.3) is 5.91 Å². The summed E-state index contributed by atoms with van der Waals surface area (Å²) in [6.07, 6.45) is 1.79. The number of rotatable bonds is 7. The van der Waals surface area contributed by atoms with E-state index >= 15 is 0 Å². The topological polar surface area (TPSA) is 56.1 Å². The lowest BCUT2D eigenvalue weighted by Crippen LogP contribution is -2.11. The summed E-state index contributed by atoms with van der Waals surface area (Å²) < 4.78 is 7.47. The monoisotopic (exact) mass is 377 g/mol. The molecule has 3 rings (SSSR count). The lowest BCUT2D eigenvalue weighted by molar-refractivity contribution is 0.102. The van der Waals surface area contributed by atoms with Gasteiger partial charge in [-0.2, -0.15) is 5.10 Å². The van der Waals surface area contributed by atoms with E-state index < -0.39 is 0 Å². The van der Waals surface area contributed by atoms with Gasteiger partial charge < -0.3 is 10.1 Å². The first-order valence-electron chi connectivity index (χ1n) is 9.60. The summed E-state index contributed by atoms with van der Waals surface area (Å²) >= 11 is 0. The first kappa shape index (κ1) is 19.7. The van der Waals surface area contributed by atoms with Gasteiger partial charge in [0.2, 0.25) is 0 Å². The molecule has 2 aromatic carbocycles. The number of nitrogens with one attached hydrogen (secondary N) is 1. The molecule has 1 amide bonds. The van der Waals surface area contributed by atoms with E-state index in [9.17, 15) is 4.79 Å². The second-order valence-electron chi connectivity index (χ2n) is 6.97. The fourth-order valence-corrected chi connectivity index (χ4v) is 3.11. The molecule has 0 aliphatic rings. The van der Waals surface area contributed by atoms with Gasteiger partial charge in [0, 0.05) is 36.0 Å². The zero-order valence-corrected chi connectivity index (χ0v) is 17.0. The molecule has 5 heteroatoms. The smallest absolute Gasteiger partial charge is 0.255 e. The number of aryl methyl sites for hydroxylation is 2. The summed E-state index contributed by atoms with van der Waals surface area (Å²) in [6, 6.07) is 15.2. The van der Waals surface area contributed by atoms with Crippen LogP contribution in [0.4, 0.5) is 5.69 Å². The SMILES string of the molecule is CCCOc1ccc(C(=O)Nc2ccc(Cc3c(C)nn(C)c3C)cc2)cc1. The molecule has 0 atom stereocenters. The van der Waals surface area contributed by atoms with E-state index in [1.165, 1.54) is 16.8 Å². The molecule has 146 valence electrons. The van der Waals surface area contributed by atoms with Gasteiger partial charge in [0.05, 0.1) is 12.3 Å². The number of benzene rings is 2. The maximum absolute atomic E-state index is 12.4. The molecule has 0 saturated carbocycles. The van der Waals surface area contributed by atoms with E-state index in [1.54, 1.807) is 12.1 Å². The second-order valence-corrected chi connectivity index (χ2v) is 6.97. The van der Waals surface area contributed by atoms with Gasteiger partial charge in [-0.25, -0.2) is 0 Å². The van der Waals surface area contributed by atoms with Gasteiger partial charge >= 0.3 is 0 Å². The minimum Gasteiger partial charge on any atom is -0.494 e. The van der Waals surface area contributed by atoms with Crippen molar-refractivity contribution in [2.75, 3.05) is 11.9 Å². The molecule has 0 aliphatic heterocycles. The Morgan fingerprint density at radius 3 is 2.32 bits per heavy atom. The lowest BCUT2D eigenvalue weighted by atomic mass is 10.0. The molecule has 1 heterocycles. The zero-order valence-electron chi connectivity index (χ0n) is 17.0. The van der Waals surface area contributed by atoms with Crippen LogP contribution in [0.3, 0.4) is 0 Å². The predicted octanol–water partition coefficient (Wildman–Crippen LogP) is 4.67. The lowest BCUT2D eigenvalue weighted by Gasteiger charge is -2.08. The minimum absolute atomic E-state index is 0.131. The zero-order chi connectivity index (χ0) is 20.1. The van der Waals surface area contributed by atoms with Crippen molar-refractivity contribution in [3.05, 3.63) is 76.6 Å². The highest BCUT2D eigenvalue weighted by Gasteiger charge is 2.10. The molecule has 0 spiro atoms. The maximum Gasteiger partial charge on any atom is 0.255 e. The molecule has 1 N–H and O–H groups in total. The van der Waals surface area contributed by atoms with Crippen molar-refractivity contribution >= 4 is 11.6 Å². The molecule has 0 aliphatic carbocycles. The molecule has 0 saturated heterocycles. The average molecular weight is 377 g/mol. The molecule has 3 aromatic rings. The van der Waals surface area contributed by atoms with Crippen LogP contribution in [-0.4, -0.2) is 22.3 Å². The van der Waals surface area contributed by atoms with Crippen LogP contribution < -0.4 is 10.1 Å². The van der Waals surface area contributed by atoms with Gasteiger partial charge in [-0.15, -0.1) is 0 Å². The third kappa shape index (κ3) is 4.60. The highest BCUT2D eigenvalue weighted by molar-refractivity contribution is 6.04. The first-order chi connectivity index (χ1) is 13.5. The number of hydrogen-bond donors (Lipinski definition) is 1. The van der Waals surface area contributed by atoms with E-state index in [1.807, 2.05) is 55.1 Å². The van der Waals surface area contributed by atoms with Gasteiger partial charge in [0.15, 0.2) is 0 Å². The molecule has 1 aromatic heterocycles. The first-order valence-corrected chi connectivity index (χ1v) is 9.60. The largest absolute Gasteiger partial charge is 0.494 e. The van der Waals surface area contributed by atoms with Crippen LogP contribution in [0.2, 0.25) is 0 Å². The van der Waals surface area contributed by atoms with Crippen LogP contribution in [0.15, 0.2) is 48.5 Å². The van der Waals surface area contributed by atoms with Crippen molar-refractivity contribution in [3.63, 3.8) is 0 Å². The third-order valence-corrected chi connectivity index (χ3v) is 4.84. The normalized spacial score (nSPS) is 10.7. The summed E-state index contributed by atoms with van der Waals surface area (Å²) in [5.74, 6) is 0.650.